The zero-order valence-corrected chi connectivity index (χ0v) is 17.7. The van der Waals surface area contributed by atoms with Crippen LogP contribution in [0.5, 0.6) is 0 Å². The Morgan fingerprint density at radius 2 is 1.76 bits per heavy atom. The summed E-state index contributed by atoms with van der Waals surface area (Å²) in [5.41, 5.74) is 1.70. The number of hydrogen-bond donors (Lipinski definition) is 2. The highest BCUT2D eigenvalue weighted by molar-refractivity contribution is 8.00. The van der Waals surface area contributed by atoms with Crippen LogP contribution in [-0.4, -0.2) is 22.6 Å². The molecule has 1 aliphatic rings. The van der Waals surface area contributed by atoms with Gasteiger partial charge in [0, 0.05) is 16.5 Å². The van der Waals surface area contributed by atoms with Gasteiger partial charge >= 0.3 is 0 Å². The number of amides is 2. The molecule has 0 unspecified atom stereocenters. The molecule has 0 radical (unpaired) electrons. The number of carbonyl (C=O) groups is 2. The van der Waals surface area contributed by atoms with Gasteiger partial charge in [-0.15, -0.1) is 11.8 Å². The van der Waals surface area contributed by atoms with E-state index >= 15 is 0 Å². The Labute approximate surface area is 178 Å². The van der Waals surface area contributed by atoms with E-state index in [1.54, 1.807) is 0 Å². The molecule has 1 aliphatic carbocycles. The molecule has 0 spiro atoms. The van der Waals surface area contributed by atoms with Crippen molar-refractivity contribution in [2.75, 3.05) is 16.4 Å². The van der Waals surface area contributed by atoms with E-state index in [1.807, 2.05) is 48.5 Å². The first kappa shape index (κ1) is 19.9. The zero-order valence-electron chi connectivity index (χ0n) is 16.0. The Kier molecular flexibility index (Phi) is 6.46. The predicted octanol–water partition coefficient (Wildman–Crippen LogP) is 5.55. The van der Waals surface area contributed by atoms with Crippen LogP contribution in [0.15, 0.2) is 53.4 Å². The van der Waals surface area contributed by atoms with Crippen molar-refractivity contribution in [3.63, 3.8) is 0 Å². The van der Waals surface area contributed by atoms with Gasteiger partial charge in [0.15, 0.2) is 5.13 Å². The molecule has 1 heterocycles. The van der Waals surface area contributed by atoms with Gasteiger partial charge in [0.2, 0.25) is 11.8 Å². The van der Waals surface area contributed by atoms with E-state index in [4.69, 9.17) is 0 Å². The third-order valence-corrected chi connectivity index (χ3v) is 6.97. The molecule has 1 saturated carbocycles. The maximum Gasteiger partial charge on any atom is 0.236 e. The van der Waals surface area contributed by atoms with E-state index in [-0.39, 0.29) is 17.7 Å². The van der Waals surface area contributed by atoms with Crippen LogP contribution in [0.2, 0.25) is 0 Å². The second-order valence-corrected chi connectivity index (χ2v) is 9.25. The minimum atomic E-state index is -0.0799. The highest BCUT2D eigenvalue weighted by Crippen LogP contribution is 2.27. The molecule has 0 bridgehead atoms. The summed E-state index contributed by atoms with van der Waals surface area (Å²) in [5, 5.41) is 6.50. The van der Waals surface area contributed by atoms with Gasteiger partial charge in [0.05, 0.1) is 16.0 Å². The number of anilines is 2. The summed E-state index contributed by atoms with van der Waals surface area (Å²) >= 11 is 2.94. The van der Waals surface area contributed by atoms with Gasteiger partial charge in [-0.2, -0.15) is 0 Å². The number of nitrogens with one attached hydrogen (secondary N) is 2. The van der Waals surface area contributed by atoms with Crippen molar-refractivity contribution >= 4 is 55.9 Å². The molecule has 3 aromatic rings. The van der Waals surface area contributed by atoms with Crippen molar-refractivity contribution in [1.82, 2.24) is 4.98 Å². The first-order chi connectivity index (χ1) is 14.2. The van der Waals surface area contributed by atoms with E-state index in [1.165, 1.54) is 29.5 Å². The number of nitrogens with zero attached hydrogens (tertiary/aromatic N) is 1. The molecule has 150 valence electrons. The summed E-state index contributed by atoms with van der Waals surface area (Å²) in [5.74, 6) is 0.497. The summed E-state index contributed by atoms with van der Waals surface area (Å²) in [6.07, 6.45) is 5.51. The average molecular weight is 426 g/mol. The smallest absolute Gasteiger partial charge is 0.236 e. The summed E-state index contributed by atoms with van der Waals surface area (Å²) in [6.45, 7) is 0. The number of thioether (sulfide) groups is 1. The molecule has 5 nitrogen and oxygen atoms in total. The second kappa shape index (κ2) is 9.41. The van der Waals surface area contributed by atoms with E-state index in [9.17, 15) is 9.59 Å². The maximum absolute atomic E-state index is 12.3. The lowest BCUT2D eigenvalue weighted by molar-refractivity contribution is -0.120. The van der Waals surface area contributed by atoms with Crippen molar-refractivity contribution in [1.29, 1.82) is 0 Å². The van der Waals surface area contributed by atoms with Crippen LogP contribution in [0.1, 0.15) is 32.1 Å². The predicted molar refractivity (Wildman–Crippen MR) is 121 cm³/mol. The topological polar surface area (TPSA) is 71.1 Å². The summed E-state index contributed by atoms with van der Waals surface area (Å²) in [7, 11) is 0. The minimum absolute atomic E-state index is 0.0799. The molecule has 4 rings (SSSR count). The third-order valence-electron chi connectivity index (χ3n) is 5.01. The molecule has 7 heteroatoms. The van der Waals surface area contributed by atoms with Crippen LogP contribution in [0.4, 0.5) is 10.8 Å². The van der Waals surface area contributed by atoms with Crippen LogP contribution in [0.3, 0.4) is 0 Å². The van der Waals surface area contributed by atoms with E-state index in [0.717, 1.165) is 46.5 Å². The molecule has 2 aromatic carbocycles. The number of thiazole rings is 1. The van der Waals surface area contributed by atoms with Crippen LogP contribution in [0, 0.1) is 5.92 Å². The Morgan fingerprint density at radius 3 is 2.52 bits per heavy atom. The number of aromatic nitrogens is 1. The lowest BCUT2D eigenvalue weighted by Gasteiger charge is -2.20. The van der Waals surface area contributed by atoms with Crippen molar-refractivity contribution in [3.05, 3.63) is 48.5 Å². The molecular formula is C22H23N3O2S2. The number of carbonyl (C=O) groups excluding carboxylic acids is 2. The van der Waals surface area contributed by atoms with Gasteiger partial charge in [-0.25, -0.2) is 4.98 Å². The van der Waals surface area contributed by atoms with Crippen LogP contribution >= 0.6 is 23.1 Å². The number of rotatable bonds is 6. The molecule has 1 aromatic heterocycles. The van der Waals surface area contributed by atoms with Crippen LogP contribution < -0.4 is 10.6 Å². The van der Waals surface area contributed by atoms with Crippen molar-refractivity contribution < 1.29 is 9.59 Å². The Balaban J connectivity index is 1.26. The number of benzene rings is 2. The van der Waals surface area contributed by atoms with Crippen LogP contribution in [0.25, 0.3) is 10.2 Å². The van der Waals surface area contributed by atoms with Crippen LogP contribution in [-0.2, 0) is 9.59 Å². The monoisotopic (exact) mass is 425 g/mol. The molecule has 29 heavy (non-hydrogen) atoms. The van der Waals surface area contributed by atoms with E-state index < -0.39 is 0 Å². The molecule has 0 saturated heterocycles. The molecule has 0 aliphatic heterocycles. The standard InChI is InChI=1S/C22H23N3O2S2/c26-20(25-22-24-18-8-4-5-9-19(18)29-22)14-28-17-12-10-16(11-13-17)23-21(27)15-6-2-1-3-7-15/h4-5,8-13,15H,1-3,6-7,14H2,(H,23,27)(H,24,25,26). The molecule has 2 N–H and O–H groups in total. The fourth-order valence-corrected chi connectivity index (χ4v) is 5.05. The van der Waals surface area contributed by atoms with Crippen molar-refractivity contribution in [2.24, 2.45) is 5.92 Å². The Bertz CT molecular complexity index is 962. The van der Waals surface area contributed by atoms with Gasteiger partial charge in [0.1, 0.15) is 0 Å². The lowest BCUT2D eigenvalue weighted by atomic mass is 9.88. The highest BCUT2D eigenvalue weighted by Gasteiger charge is 2.20. The van der Waals surface area contributed by atoms with E-state index in [2.05, 4.69) is 15.6 Å². The van der Waals surface area contributed by atoms with Gasteiger partial charge in [0.25, 0.3) is 0 Å². The maximum atomic E-state index is 12.3. The Morgan fingerprint density at radius 1 is 1.00 bits per heavy atom. The number of para-hydroxylation sites is 1. The summed E-state index contributed by atoms with van der Waals surface area (Å²) < 4.78 is 1.06. The number of fused-ring (bicyclic) bond motifs is 1. The first-order valence-corrected chi connectivity index (χ1v) is 11.7. The average Bonchev–Trinajstić information content (AvgIpc) is 3.16. The number of hydrogen-bond acceptors (Lipinski definition) is 5. The van der Waals surface area contributed by atoms with Crippen molar-refractivity contribution in [2.45, 2.75) is 37.0 Å². The Hall–Kier alpha value is -2.38. The normalized spacial score (nSPS) is 14.6. The first-order valence-electron chi connectivity index (χ1n) is 9.86. The molecular weight excluding hydrogens is 402 g/mol. The van der Waals surface area contributed by atoms with Gasteiger partial charge in [-0.3, -0.25) is 9.59 Å². The lowest BCUT2D eigenvalue weighted by Crippen LogP contribution is -2.24. The fourth-order valence-electron chi connectivity index (χ4n) is 3.47. The quantitative estimate of drug-likeness (QED) is 0.508. The minimum Gasteiger partial charge on any atom is -0.326 e. The van der Waals surface area contributed by atoms with Gasteiger partial charge in [-0.1, -0.05) is 42.7 Å². The van der Waals surface area contributed by atoms with Crippen molar-refractivity contribution in [3.8, 4) is 0 Å². The molecule has 2 amide bonds. The largest absolute Gasteiger partial charge is 0.326 e. The SMILES string of the molecule is O=C(CSc1ccc(NC(=O)C2CCCCC2)cc1)Nc1nc2ccccc2s1. The zero-order chi connectivity index (χ0) is 20.1. The molecule has 0 atom stereocenters. The summed E-state index contributed by atoms with van der Waals surface area (Å²) in [4.78, 5) is 30.0. The summed E-state index contributed by atoms with van der Waals surface area (Å²) in [6, 6.07) is 15.5. The highest BCUT2D eigenvalue weighted by atomic mass is 32.2. The second-order valence-electron chi connectivity index (χ2n) is 7.17. The fraction of sp³-hybridized carbons (Fsp3) is 0.318. The van der Waals surface area contributed by atoms with Gasteiger partial charge < -0.3 is 10.6 Å². The van der Waals surface area contributed by atoms with E-state index in [0.29, 0.717) is 10.9 Å². The van der Waals surface area contributed by atoms with Gasteiger partial charge in [-0.05, 0) is 49.2 Å². The third kappa shape index (κ3) is 5.36. The molecule has 1 fully saturated rings.